The number of nitriles is 1. The minimum absolute atomic E-state index is 0.478. The molecule has 0 aliphatic heterocycles. The molecule has 1 aliphatic rings. The van der Waals surface area contributed by atoms with Crippen LogP contribution in [0.25, 0.3) is 0 Å². The molecule has 19 heavy (non-hydrogen) atoms. The lowest BCUT2D eigenvalue weighted by atomic mass is 10.2. The van der Waals surface area contributed by atoms with E-state index in [0.29, 0.717) is 11.7 Å². The fourth-order valence-electron chi connectivity index (χ4n) is 2.22. The summed E-state index contributed by atoms with van der Waals surface area (Å²) in [6.45, 7) is 1.66. The second-order valence-corrected chi connectivity index (χ2v) is 4.88. The van der Waals surface area contributed by atoms with Gasteiger partial charge in [-0.2, -0.15) is 5.26 Å². The van der Waals surface area contributed by atoms with Crippen molar-refractivity contribution in [2.24, 2.45) is 0 Å². The molecule has 0 atom stereocenters. The molecule has 0 saturated heterocycles. The molecule has 0 spiro atoms. The highest BCUT2D eigenvalue weighted by Crippen LogP contribution is 2.29. The van der Waals surface area contributed by atoms with Crippen LogP contribution in [0.5, 0.6) is 0 Å². The van der Waals surface area contributed by atoms with E-state index in [1.807, 2.05) is 24.3 Å². The number of nitrogens with zero attached hydrogens (tertiary/aromatic N) is 3. The van der Waals surface area contributed by atoms with E-state index < -0.39 is 0 Å². The summed E-state index contributed by atoms with van der Waals surface area (Å²) >= 11 is 0. The van der Waals surface area contributed by atoms with Gasteiger partial charge in [0.1, 0.15) is 17.5 Å². The maximum absolute atomic E-state index is 8.88. The lowest BCUT2D eigenvalue weighted by molar-refractivity contribution is 0.225. The molecule has 0 unspecified atom stereocenters. The highest BCUT2D eigenvalue weighted by Gasteiger charge is 2.29. The van der Waals surface area contributed by atoms with Gasteiger partial charge in [-0.05, 0) is 42.7 Å². The maximum Gasteiger partial charge on any atom is 0.140 e. The number of aromatic nitrogens is 1. The Balaban J connectivity index is 1.72. The van der Waals surface area contributed by atoms with E-state index in [2.05, 4.69) is 16.0 Å². The summed E-state index contributed by atoms with van der Waals surface area (Å²) in [5, 5.41) is 8.88. The Morgan fingerprint density at radius 3 is 2.95 bits per heavy atom. The second-order valence-electron chi connectivity index (χ2n) is 4.88. The molecular weight excluding hydrogens is 238 g/mol. The molecule has 0 radical (unpaired) electrons. The molecule has 4 nitrogen and oxygen atoms in total. The predicted molar refractivity (Wildman–Crippen MR) is 69.9 cm³/mol. The van der Waals surface area contributed by atoms with Gasteiger partial charge in [0.25, 0.3) is 0 Å². The third kappa shape index (κ3) is 3.01. The number of furan rings is 1. The zero-order valence-corrected chi connectivity index (χ0v) is 10.6. The van der Waals surface area contributed by atoms with Crippen molar-refractivity contribution in [2.45, 2.75) is 32.0 Å². The van der Waals surface area contributed by atoms with Crippen molar-refractivity contribution in [1.82, 2.24) is 9.88 Å². The molecule has 1 fully saturated rings. The van der Waals surface area contributed by atoms with E-state index in [9.17, 15) is 0 Å². The van der Waals surface area contributed by atoms with Gasteiger partial charge in [0.2, 0.25) is 0 Å². The van der Waals surface area contributed by atoms with Gasteiger partial charge in [0, 0.05) is 18.8 Å². The molecule has 0 bridgehead atoms. The third-order valence-corrected chi connectivity index (χ3v) is 3.33. The molecule has 3 rings (SSSR count). The fourth-order valence-corrected chi connectivity index (χ4v) is 2.22. The first-order chi connectivity index (χ1) is 9.35. The Morgan fingerprint density at radius 1 is 1.37 bits per heavy atom. The van der Waals surface area contributed by atoms with E-state index in [-0.39, 0.29) is 0 Å². The quantitative estimate of drug-likeness (QED) is 0.822. The van der Waals surface area contributed by atoms with Crippen LogP contribution in [-0.2, 0) is 13.1 Å². The summed E-state index contributed by atoms with van der Waals surface area (Å²) in [7, 11) is 0. The van der Waals surface area contributed by atoms with Crippen molar-refractivity contribution < 1.29 is 4.42 Å². The number of hydrogen-bond acceptors (Lipinski definition) is 4. The number of pyridine rings is 1. The Bertz CT molecular complexity index is 582. The maximum atomic E-state index is 8.88. The van der Waals surface area contributed by atoms with Crippen LogP contribution in [-0.4, -0.2) is 15.9 Å². The smallest absolute Gasteiger partial charge is 0.140 e. The van der Waals surface area contributed by atoms with Crippen LogP contribution in [0, 0.1) is 11.3 Å². The summed E-state index contributed by atoms with van der Waals surface area (Å²) in [6.07, 6.45) is 5.90. The van der Waals surface area contributed by atoms with Crippen molar-refractivity contribution in [3.63, 3.8) is 0 Å². The summed E-state index contributed by atoms with van der Waals surface area (Å²) in [4.78, 5) is 6.40. The Labute approximate surface area is 112 Å². The molecule has 2 heterocycles. The standard InChI is InChI=1S/C15H15N3O/c16-9-13-8-12(5-6-17-13)10-18(14-3-4-14)11-15-2-1-7-19-15/h1-2,5-8,14H,3-4,10-11H2. The fraction of sp³-hybridized carbons (Fsp3) is 0.333. The summed E-state index contributed by atoms with van der Waals surface area (Å²) in [5.41, 5.74) is 1.61. The normalized spacial score (nSPS) is 14.5. The average molecular weight is 253 g/mol. The van der Waals surface area contributed by atoms with Crippen molar-refractivity contribution >= 4 is 0 Å². The van der Waals surface area contributed by atoms with E-state index in [0.717, 1.165) is 24.4 Å². The van der Waals surface area contributed by atoms with Crippen LogP contribution < -0.4 is 0 Å². The Hall–Kier alpha value is -2.12. The van der Waals surface area contributed by atoms with E-state index in [4.69, 9.17) is 9.68 Å². The second kappa shape index (κ2) is 5.25. The molecule has 1 saturated carbocycles. The zero-order chi connectivity index (χ0) is 13.1. The minimum Gasteiger partial charge on any atom is -0.468 e. The molecule has 1 aliphatic carbocycles. The van der Waals surface area contributed by atoms with Gasteiger partial charge in [-0.15, -0.1) is 0 Å². The van der Waals surface area contributed by atoms with E-state index in [1.165, 1.54) is 12.8 Å². The molecule has 96 valence electrons. The van der Waals surface area contributed by atoms with Gasteiger partial charge in [0.05, 0.1) is 12.8 Å². The first kappa shape index (κ1) is 11.9. The average Bonchev–Trinajstić information content (AvgIpc) is 3.17. The lowest BCUT2D eigenvalue weighted by Crippen LogP contribution is -2.24. The van der Waals surface area contributed by atoms with Crippen LogP contribution in [0.1, 0.15) is 29.9 Å². The van der Waals surface area contributed by atoms with Crippen LogP contribution >= 0.6 is 0 Å². The molecular formula is C15H15N3O. The highest BCUT2D eigenvalue weighted by molar-refractivity contribution is 5.25. The van der Waals surface area contributed by atoms with Crippen LogP contribution in [0.4, 0.5) is 0 Å². The summed E-state index contributed by atoms with van der Waals surface area (Å²) in [6, 6.07) is 10.5. The first-order valence-corrected chi connectivity index (χ1v) is 6.46. The van der Waals surface area contributed by atoms with Crippen molar-refractivity contribution in [2.75, 3.05) is 0 Å². The van der Waals surface area contributed by atoms with Gasteiger partial charge >= 0.3 is 0 Å². The van der Waals surface area contributed by atoms with E-state index >= 15 is 0 Å². The van der Waals surface area contributed by atoms with Crippen molar-refractivity contribution in [3.8, 4) is 6.07 Å². The number of hydrogen-bond donors (Lipinski definition) is 0. The largest absolute Gasteiger partial charge is 0.468 e. The monoisotopic (exact) mass is 253 g/mol. The van der Waals surface area contributed by atoms with Gasteiger partial charge in [-0.1, -0.05) is 0 Å². The van der Waals surface area contributed by atoms with Crippen molar-refractivity contribution in [1.29, 1.82) is 5.26 Å². The van der Waals surface area contributed by atoms with E-state index in [1.54, 1.807) is 12.5 Å². The Morgan fingerprint density at radius 2 is 2.26 bits per heavy atom. The van der Waals surface area contributed by atoms with Gasteiger partial charge < -0.3 is 4.42 Å². The molecule has 0 amide bonds. The summed E-state index contributed by atoms with van der Waals surface area (Å²) in [5.74, 6) is 0.987. The predicted octanol–water partition coefficient (Wildman–Crippen LogP) is 2.71. The highest BCUT2D eigenvalue weighted by atomic mass is 16.3. The molecule has 0 N–H and O–H groups in total. The van der Waals surface area contributed by atoms with Crippen LogP contribution in [0.15, 0.2) is 41.1 Å². The lowest BCUT2D eigenvalue weighted by Gasteiger charge is -2.20. The molecule has 2 aromatic heterocycles. The van der Waals surface area contributed by atoms with Gasteiger partial charge in [0.15, 0.2) is 0 Å². The first-order valence-electron chi connectivity index (χ1n) is 6.46. The minimum atomic E-state index is 0.478. The van der Waals surface area contributed by atoms with Crippen molar-refractivity contribution in [3.05, 3.63) is 53.7 Å². The van der Waals surface area contributed by atoms with Crippen LogP contribution in [0.3, 0.4) is 0 Å². The topological polar surface area (TPSA) is 53.1 Å². The zero-order valence-electron chi connectivity index (χ0n) is 10.6. The summed E-state index contributed by atoms with van der Waals surface area (Å²) < 4.78 is 5.42. The number of rotatable bonds is 5. The van der Waals surface area contributed by atoms with Crippen LogP contribution in [0.2, 0.25) is 0 Å². The molecule has 2 aromatic rings. The SMILES string of the molecule is N#Cc1cc(CN(Cc2ccco2)C2CC2)ccn1. The van der Waals surface area contributed by atoms with Gasteiger partial charge in [-0.3, -0.25) is 4.90 Å². The molecule has 4 heteroatoms. The Kier molecular flexibility index (Phi) is 3.30. The molecule has 0 aromatic carbocycles. The third-order valence-electron chi connectivity index (χ3n) is 3.33. The van der Waals surface area contributed by atoms with Gasteiger partial charge in [-0.25, -0.2) is 4.98 Å².